The lowest BCUT2D eigenvalue weighted by molar-refractivity contribution is -0.135. The van der Waals surface area contributed by atoms with Crippen molar-refractivity contribution >= 4 is 11.9 Å². The van der Waals surface area contributed by atoms with E-state index in [-0.39, 0.29) is 24.8 Å². The fraction of sp³-hybridized carbons (Fsp3) is 0.556. The Balaban J connectivity index is 1.34. The van der Waals surface area contributed by atoms with Gasteiger partial charge in [0.1, 0.15) is 0 Å². The van der Waals surface area contributed by atoms with Crippen LogP contribution in [0, 0.1) is 0 Å². The second-order valence-corrected chi connectivity index (χ2v) is 6.82. The second kappa shape index (κ2) is 7.41. The zero-order chi connectivity index (χ0) is 17.9. The molecule has 1 aromatic rings. The van der Waals surface area contributed by atoms with Crippen molar-refractivity contribution in [2.75, 3.05) is 39.5 Å². The average Bonchev–Trinajstić information content (AvgIpc) is 3.16. The molecule has 3 amide bonds. The van der Waals surface area contributed by atoms with Gasteiger partial charge in [0.2, 0.25) is 12.7 Å². The first-order chi connectivity index (χ1) is 12.7. The number of likely N-dealkylation sites (tertiary alicyclic amines) is 1. The fourth-order valence-electron chi connectivity index (χ4n) is 3.81. The lowest BCUT2D eigenvalue weighted by Gasteiger charge is -2.41. The van der Waals surface area contributed by atoms with Crippen molar-refractivity contribution in [3.05, 3.63) is 23.8 Å². The van der Waals surface area contributed by atoms with Crippen LogP contribution in [0.25, 0.3) is 0 Å². The van der Waals surface area contributed by atoms with Crippen LogP contribution in [0.1, 0.15) is 18.4 Å². The molecule has 4 rings (SSSR count). The average molecular weight is 360 g/mol. The normalized spacial score (nSPS) is 22.5. The number of rotatable bonds is 3. The van der Waals surface area contributed by atoms with Gasteiger partial charge in [-0.25, -0.2) is 4.79 Å². The molecule has 26 heavy (non-hydrogen) atoms. The molecule has 2 N–H and O–H groups in total. The van der Waals surface area contributed by atoms with E-state index in [0.29, 0.717) is 37.7 Å². The molecule has 0 bridgehead atoms. The van der Waals surface area contributed by atoms with Crippen molar-refractivity contribution in [3.63, 3.8) is 0 Å². The third-order valence-electron chi connectivity index (χ3n) is 5.16. The molecule has 3 heterocycles. The molecule has 0 aromatic heterocycles. The Morgan fingerprint density at radius 2 is 2.23 bits per heavy atom. The van der Waals surface area contributed by atoms with Crippen LogP contribution < -0.4 is 20.1 Å². The van der Waals surface area contributed by atoms with Gasteiger partial charge in [-0.05, 0) is 18.9 Å². The molecule has 0 aliphatic carbocycles. The number of nitrogens with one attached hydrogen (secondary N) is 2. The number of carbonyl (C=O) groups excluding carboxylic acids is 2. The quantitative estimate of drug-likeness (QED) is 0.821. The number of nitrogens with zero attached hydrogens (tertiary/aromatic N) is 2. The summed E-state index contributed by atoms with van der Waals surface area (Å²) < 4.78 is 10.8. The van der Waals surface area contributed by atoms with Crippen molar-refractivity contribution in [1.29, 1.82) is 0 Å². The maximum Gasteiger partial charge on any atom is 0.317 e. The van der Waals surface area contributed by atoms with Crippen LogP contribution >= 0.6 is 0 Å². The van der Waals surface area contributed by atoms with E-state index in [0.717, 1.165) is 31.5 Å². The third kappa shape index (κ3) is 3.41. The van der Waals surface area contributed by atoms with E-state index >= 15 is 0 Å². The monoisotopic (exact) mass is 360 g/mol. The molecule has 1 aromatic carbocycles. The minimum Gasteiger partial charge on any atom is -0.454 e. The van der Waals surface area contributed by atoms with Crippen molar-refractivity contribution in [2.24, 2.45) is 0 Å². The number of carbonyl (C=O) groups is 2. The Bertz CT molecular complexity index is 696. The van der Waals surface area contributed by atoms with Crippen LogP contribution in [0.3, 0.4) is 0 Å². The number of urea groups is 1. The van der Waals surface area contributed by atoms with E-state index in [1.54, 1.807) is 0 Å². The first-order valence-corrected chi connectivity index (χ1v) is 9.13. The van der Waals surface area contributed by atoms with Crippen molar-refractivity contribution in [1.82, 2.24) is 20.4 Å². The predicted octanol–water partition coefficient (Wildman–Crippen LogP) is 0.521. The number of hydrogen-bond acceptors (Lipinski definition) is 5. The lowest BCUT2D eigenvalue weighted by atomic mass is 10.0. The number of para-hydroxylation sites is 1. The molecule has 3 aliphatic heterocycles. The number of hydrogen-bond donors (Lipinski definition) is 2. The Morgan fingerprint density at radius 1 is 1.31 bits per heavy atom. The molecule has 0 saturated carbocycles. The highest BCUT2D eigenvalue weighted by molar-refractivity contribution is 5.79. The highest BCUT2D eigenvalue weighted by Crippen LogP contribution is 2.35. The van der Waals surface area contributed by atoms with Crippen LogP contribution in [0.2, 0.25) is 0 Å². The molecular weight excluding hydrogens is 336 g/mol. The summed E-state index contributed by atoms with van der Waals surface area (Å²) in [5.41, 5.74) is 0.902. The van der Waals surface area contributed by atoms with Crippen LogP contribution in [0.15, 0.2) is 18.2 Å². The van der Waals surface area contributed by atoms with Crippen LogP contribution in [-0.4, -0.2) is 67.3 Å². The van der Waals surface area contributed by atoms with Gasteiger partial charge in [0.25, 0.3) is 0 Å². The van der Waals surface area contributed by atoms with E-state index in [1.165, 1.54) is 0 Å². The first kappa shape index (κ1) is 17.0. The highest BCUT2D eigenvalue weighted by Gasteiger charge is 2.31. The van der Waals surface area contributed by atoms with Crippen LogP contribution in [-0.2, 0) is 11.3 Å². The zero-order valence-electron chi connectivity index (χ0n) is 14.7. The Hall–Kier alpha value is -2.48. The lowest BCUT2D eigenvalue weighted by Crippen LogP contribution is -2.58. The molecule has 2 fully saturated rings. The topological polar surface area (TPSA) is 83.1 Å². The highest BCUT2D eigenvalue weighted by atomic mass is 16.7. The molecule has 3 aliphatic rings. The summed E-state index contributed by atoms with van der Waals surface area (Å²) in [6.45, 7) is 3.83. The van der Waals surface area contributed by atoms with Crippen molar-refractivity contribution in [2.45, 2.75) is 25.4 Å². The largest absolute Gasteiger partial charge is 0.454 e. The summed E-state index contributed by atoms with van der Waals surface area (Å²) >= 11 is 0. The van der Waals surface area contributed by atoms with Gasteiger partial charge in [0.15, 0.2) is 11.5 Å². The predicted molar refractivity (Wildman–Crippen MR) is 94.0 cm³/mol. The van der Waals surface area contributed by atoms with Gasteiger partial charge >= 0.3 is 6.03 Å². The molecule has 0 radical (unpaired) electrons. The molecule has 2 saturated heterocycles. The minimum absolute atomic E-state index is 0.103. The maximum atomic E-state index is 12.6. The summed E-state index contributed by atoms with van der Waals surface area (Å²) in [5.74, 6) is 1.54. The molecular formula is C18H24N4O4. The van der Waals surface area contributed by atoms with Gasteiger partial charge in [-0.2, -0.15) is 0 Å². The number of benzene rings is 1. The number of piperidine rings is 1. The summed E-state index contributed by atoms with van der Waals surface area (Å²) in [5, 5.41) is 6.06. The third-order valence-corrected chi connectivity index (χ3v) is 5.16. The SMILES string of the molecule is O=C(NCc1cccc2c1OCO2)N1CCCC(N2CCNCC2=O)C1. The molecule has 1 unspecified atom stereocenters. The summed E-state index contributed by atoms with van der Waals surface area (Å²) in [6.07, 6.45) is 1.86. The van der Waals surface area contributed by atoms with E-state index < -0.39 is 0 Å². The van der Waals surface area contributed by atoms with Crippen LogP contribution in [0.4, 0.5) is 4.79 Å². The molecule has 0 spiro atoms. The Morgan fingerprint density at radius 3 is 3.12 bits per heavy atom. The van der Waals surface area contributed by atoms with Gasteiger partial charge < -0.3 is 29.9 Å². The Kier molecular flexibility index (Phi) is 4.83. The smallest absolute Gasteiger partial charge is 0.317 e. The summed E-state index contributed by atoms with van der Waals surface area (Å²) in [6, 6.07) is 5.68. The second-order valence-electron chi connectivity index (χ2n) is 6.82. The van der Waals surface area contributed by atoms with Crippen molar-refractivity contribution in [3.8, 4) is 11.5 Å². The molecule has 140 valence electrons. The van der Waals surface area contributed by atoms with Gasteiger partial charge in [0.05, 0.1) is 6.54 Å². The van der Waals surface area contributed by atoms with E-state index in [2.05, 4.69) is 10.6 Å². The van der Waals surface area contributed by atoms with E-state index in [1.807, 2.05) is 28.0 Å². The van der Waals surface area contributed by atoms with Crippen LogP contribution in [0.5, 0.6) is 11.5 Å². The molecule has 8 heteroatoms. The summed E-state index contributed by atoms with van der Waals surface area (Å²) in [4.78, 5) is 28.4. The number of ether oxygens (including phenoxy) is 2. The van der Waals surface area contributed by atoms with E-state index in [9.17, 15) is 9.59 Å². The van der Waals surface area contributed by atoms with Gasteiger partial charge in [-0.3, -0.25) is 4.79 Å². The van der Waals surface area contributed by atoms with E-state index in [4.69, 9.17) is 9.47 Å². The summed E-state index contributed by atoms with van der Waals surface area (Å²) in [7, 11) is 0. The standard InChI is InChI=1S/C18H24N4O4/c23-16-10-19-6-8-22(16)14-4-2-7-21(11-14)18(24)20-9-13-3-1-5-15-17(13)26-12-25-15/h1,3,5,14,19H,2,4,6-12H2,(H,20,24). The first-order valence-electron chi connectivity index (χ1n) is 9.13. The molecule has 8 nitrogen and oxygen atoms in total. The number of fused-ring (bicyclic) bond motifs is 1. The van der Waals surface area contributed by atoms with Gasteiger partial charge in [-0.1, -0.05) is 12.1 Å². The van der Waals surface area contributed by atoms with Crippen molar-refractivity contribution < 1.29 is 19.1 Å². The fourth-order valence-corrected chi connectivity index (χ4v) is 3.81. The molecule has 1 atom stereocenters. The Labute approximate surface area is 152 Å². The number of piperazine rings is 1. The van der Waals surface area contributed by atoms with Gasteiger partial charge in [0, 0.05) is 44.3 Å². The maximum absolute atomic E-state index is 12.6. The van der Waals surface area contributed by atoms with Gasteiger partial charge in [-0.15, -0.1) is 0 Å². The zero-order valence-corrected chi connectivity index (χ0v) is 14.7. The number of amides is 3. The minimum atomic E-state index is -0.103.